The van der Waals surface area contributed by atoms with Crippen LogP contribution in [0.25, 0.3) is 21.9 Å². The Kier molecular flexibility index (Phi) is 4.72. The Labute approximate surface area is 166 Å². The molecule has 0 aliphatic heterocycles. The lowest BCUT2D eigenvalue weighted by atomic mass is 9.97. The summed E-state index contributed by atoms with van der Waals surface area (Å²) in [5, 5.41) is 4.44. The van der Waals surface area contributed by atoms with Gasteiger partial charge in [0.2, 0.25) is 5.76 Å². The molecule has 0 fully saturated rings. The van der Waals surface area contributed by atoms with Gasteiger partial charge in [-0.25, -0.2) is 4.79 Å². The molecule has 4 nitrogen and oxygen atoms in total. The molecule has 4 rings (SSSR count). The molecular formula is C23H16ClNO3. The Morgan fingerprint density at radius 3 is 2.21 bits per heavy atom. The van der Waals surface area contributed by atoms with Gasteiger partial charge in [-0.15, -0.1) is 0 Å². The summed E-state index contributed by atoms with van der Waals surface area (Å²) in [4.78, 5) is 25.5. The highest BCUT2D eigenvalue weighted by atomic mass is 35.5. The van der Waals surface area contributed by atoms with Crippen molar-refractivity contribution in [3.05, 3.63) is 99.6 Å². The average Bonchev–Trinajstić information content (AvgIpc) is 2.70. The molecule has 0 radical (unpaired) electrons. The van der Waals surface area contributed by atoms with Crippen LogP contribution in [0.3, 0.4) is 0 Å². The summed E-state index contributed by atoms with van der Waals surface area (Å²) in [5.74, 6) is -0.525. The van der Waals surface area contributed by atoms with E-state index in [4.69, 9.17) is 16.0 Å². The number of carbonyl (C=O) groups excluding carboxylic acids is 1. The van der Waals surface area contributed by atoms with Crippen LogP contribution in [-0.4, -0.2) is 5.91 Å². The Morgan fingerprint density at radius 1 is 0.893 bits per heavy atom. The van der Waals surface area contributed by atoms with E-state index in [1.807, 2.05) is 43.3 Å². The molecule has 0 saturated heterocycles. The second kappa shape index (κ2) is 7.33. The number of carbonyl (C=O) groups is 1. The largest absolute Gasteiger partial charge is 0.416 e. The number of anilines is 1. The van der Waals surface area contributed by atoms with Crippen molar-refractivity contribution in [1.29, 1.82) is 0 Å². The minimum absolute atomic E-state index is 0.0255. The molecule has 138 valence electrons. The van der Waals surface area contributed by atoms with Crippen LogP contribution in [-0.2, 0) is 0 Å². The molecule has 5 heteroatoms. The standard InChI is InChI=1S/C23H16ClNO3/c1-14-6-8-15(9-7-14)20-18-4-2-3-5-19(18)23(27)28-21(20)22(26)25-17-12-10-16(24)11-13-17/h2-13H,1H3,(H,25,26). The van der Waals surface area contributed by atoms with E-state index in [0.717, 1.165) is 11.1 Å². The summed E-state index contributed by atoms with van der Waals surface area (Å²) in [6, 6.07) is 21.6. The summed E-state index contributed by atoms with van der Waals surface area (Å²) in [6.45, 7) is 1.99. The molecule has 0 saturated carbocycles. The van der Waals surface area contributed by atoms with Crippen LogP contribution in [0.5, 0.6) is 0 Å². The molecule has 4 aromatic rings. The van der Waals surface area contributed by atoms with Crippen molar-refractivity contribution in [2.24, 2.45) is 0 Å². The van der Waals surface area contributed by atoms with Crippen molar-refractivity contribution in [3.63, 3.8) is 0 Å². The van der Waals surface area contributed by atoms with E-state index in [0.29, 0.717) is 27.0 Å². The third-order valence-corrected chi connectivity index (χ3v) is 4.74. The zero-order chi connectivity index (χ0) is 19.7. The number of benzene rings is 3. The van der Waals surface area contributed by atoms with Crippen molar-refractivity contribution in [2.75, 3.05) is 5.32 Å². The van der Waals surface area contributed by atoms with E-state index in [1.165, 1.54) is 0 Å². The fourth-order valence-corrected chi connectivity index (χ4v) is 3.21. The predicted molar refractivity (Wildman–Crippen MR) is 112 cm³/mol. The van der Waals surface area contributed by atoms with Gasteiger partial charge in [0.25, 0.3) is 5.91 Å². The first-order chi connectivity index (χ1) is 13.5. The van der Waals surface area contributed by atoms with Gasteiger partial charge < -0.3 is 9.73 Å². The topological polar surface area (TPSA) is 59.3 Å². The van der Waals surface area contributed by atoms with E-state index in [-0.39, 0.29) is 5.76 Å². The molecule has 1 amide bonds. The number of halogens is 1. The van der Waals surface area contributed by atoms with Crippen LogP contribution in [0.15, 0.2) is 82.0 Å². The highest BCUT2D eigenvalue weighted by molar-refractivity contribution is 6.30. The van der Waals surface area contributed by atoms with Crippen molar-refractivity contribution < 1.29 is 9.21 Å². The Bertz CT molecular complexity index is 1230. The monoisotopic (exact) mass is 389 g/mol. The number of nitrogens with one attached hydrogen (secondary N) is 1. The van der Waals surface area contributed by atoms with Gasteiger partial charge in [0, 0.05) is 21.7 Å². The Balaban J connectivity index is 1.90. The van der Waals surface area contributed by atoms with E-state index < -0.39 is 11.5 Å². The lowest BCUT2D eigenvalue weighted by molar-refractivity contribution is 0.0994. The number of hydrogen-bond acceptors (Lipinski definition) is 3. The summed E-state index contributed by atoms with van der Waals surface area (Å²) in [7, 11) is 0. The first kappa shape index (κ1) is 18.0. The second-order valence-corrected chi connectivity index (χ2v) is 6.90. The molecule has 0 unspecified atom stereocenters. The van der Waals surface area contributed by atoms with E-state index >= 15 is 0 Å². The Hall–Kier alpha value is -3.37. The molecule has 0 aliphatic rings. The number of rotatable bonds is 3. The van der Waals surface area contributed by atoms with Crippen LogP contribution in [0, 0.1) is 6.92 Å². The molecule has 0 bridgehead atoms. The van der Waals surface area contributed by atoms with Crippen LogP contribution in [0.2, 0.25) is 5.02 Å². The third kappa shape index (κ3) is 3.42. The Morgan fingerprint density at radius 2 is 1.54 bits per heavy atom. The molecule has 0 spiro atoms. The summed E-state index contributed by atoms with van der Waals surface area (Å²) < 4.78 is 5.47. The maximum atomic E-state index is 13.0. The van der Waals surface area contributed by atoms with E-state index in [9.17, 15) is 9.59 Å². The molecule has 0 aliphatic carbocycles. The van der Waals surface area contributed by atoms with Gasteiger partial charge in [-0.3, -0.25) is 4.79 Å². The smallest absolute Gasteiger partial charge is 0.344 e. The van der Waals surface area contributed by atoms with Gasteiger partial charge in [-0.1, -0.05) is 59.6 Å². The van der Waals surface area contributed by atoms with Gasteiger partial charge in [0.1, 0.15) is 0 Å². The fourth-order valence-electron chi connectivity index (χ4n) is 3.09. The van der Waals surface area contributed by atoms with Crippen LogP contribution in [0.4, 0.5) is 5.69 Å². The number of aryl methyl sites for hydroxylation is 1. The molecule has 28 heavy (non-hydrogen) atoms. The van der Waals surface area contributed by atoms with Gasteiger partial charge in [-0.05, 0) is 42.8 Å². The lowest BCUT2D eigenvalue weighted by Crippen LogP contribution is -2.16. The highest BCUT2D eigenvalue weighted by Crippen LogP contribution is 2.31. The minimum Gasteiger partial charge on any atom is -0.416 e. The van der Waals surface area contributed by atoms with E-state index in [1.54, 1.807) is 36.4 Å². The van der Waals surface area contributed by atoms with Crippen LogP contribution >= 0.6 is 11.6 Å². The predicted octanol–water partition coefficient (Wildman–Crippen LogP) is 5.67. The molecule has 1 N–H and O–H groups in total. The van der Waals surface area contributed by atoms with Crippen molar-refractivity contribution in [3.8, 4) is 11.1 Å². The van der Waals surface area contributed by atoms with Crippen molar-refractivity contribution >= 4 is 34.0 Å². The summed E-state index contributed by atoms with van der Waals surface area (Å²) in [5.41, 5.74) is 2.49. The molecular weight excluding hydrogens is 374 g/mol. The lowest BCUT2D eigenvalue weighted by Gasteiger charge is -2.12. The van der Waals surface area contributed by atoms with Gasteiger partial charge in [0.15, 0.2) is 0 Å². The maximum absolute atomic E-state index is 13.0. The second-order valence-electron chi connectivity index (χ2n) is 6.47. The zero-order valence-corrected chi connectivity index (χ0v) is 15.8. The molecule has 0 atom stereocenters. The van der Waals surface area contributed by atoms with Crippen molar-refractivity contribution in [2.45, 2.75) is 6.92 Å². The molecule has 3 aromatic carbocycles. The molecule has 1 heterocycles. The van der Waals surface area contributed by atoms with Crippen LogP contribution < -0.4 is 10.9 Å². The van der Waals surface area contributed by atoms with Crippen molar-refractivity contribution in [1.82, 2.24) is 0 Å². The number of amides is 1. The van der Waals surface area contributed by atoms with Gasteiger partial charge >= 0.3 is 5.63 Å². The van der Waals surface area contributed by atoms with Crippen LogP contribution in [0.1, 0.15) is 16.1 Å². The highest BCUT2D eigenvalue weighted by Gasteiger charge is 2.21. The summed E-state index contributed by atoms with van der Waals surface area (Å²) in [6.07, 6.45) is 0. The maximum Gasteiger partial charge on any atom is 0.344 e. The summed E-state index contributed by atoms with van der Waals surface area (Å²) >= 11 is 5.90. The average molecular weight is 390 g/mol. The number of hydrogen-bond donors (Lipinski definition) is 1. The minimum atomic E-state index is -0.548. The normalized spacial score (nSPS) is 10.8. The zero-order valence-electron chi connectivity index (χ0n) is 15.0. The quantitative estimate of drug-likeness (QED) is 0.490. The van der Waals surface area contributed by atoms with Gasteiger partial charge in [-0.2, -0.15) is 0 Å². The SMILES string of the molecule is Cc1ccc(-c2c(C(=O)Nc3ccc(Cl)cc3)oc(=O)c3ccccc23)cc1. The first-order valence-corrected chi connectivity index (χ1v) is 9.10. The molecule has 1 aromatic heterocycles. The van der Waals surface area contributed by atoms with E-state index in [2.05, 4.69) is 5.32 Å². The number of fused-ring (bicyclic) bond motifs is 1. The fraction of sp³-hybridized carbons (Fsp3) is 0.0435. The third-order valence-electron chi connectivity index (χ3n) is 4.49. The first-order valence-electron chi connectivity index (χ1n) is 8.73. The van der Waals surface area contributed by atoms with Gasteiger partial charge in [0.05, 0.1) is 5.39 Å².